The lowest BCUT2D eigenvalue weighted by Crippen LogP contribution is -2.45. The summed E-state index contributed by atoms with van der Waals surface area (Å²) in [5, 5.41) is 15.7. The van der Waals surface area contributed by atoms with Crippen LogP contribution in [0.2, 0.25) is 0 Å². The van der Waals surface area contributed by atoms with Gasteiger partial charge < -0.3 is 20.5 Å². The van der Waals surface area contributed by atoms with Crippen LogP contribution in [0.25, 0.3) is 0 Å². The molecular weight excluding hydrogens is 294 g/mol. The van der Waals surface area contributed by atoms with Crippen molar-refractivity contribution in [3.8, 4) is 0 Å². The maximum Gasteiger partial charge on any atom is 0.238 e. The van der Waals surface area contributed by atoms with Gasteiger partial charge in [0.25, 0.3) is 0 Å². The molecule has 0 spiro atoms. The van der Waals surface area contributed by atoms with Crippen molar-refractivity contribution in [2.75, 3.05) is 37.4 Å². The first kappa shape index (κ1) is 16.0. The van der Waals surface area contributed by atoms with Crippen molar-refractivity contribution in [3.05, 3.63) is 18.2 Å². The molecule has 0 amide bonds. The predicted molar refractivity (Wildman–Crippen MR) is 80.5 cm³/mol. The number of nitrogens with zero attached hydrogens (tertiary/aromatic N) is 1. The van der Waals surface area contributed by atoms with Gasteiger partial charge in [-0.15, -0.1) is 0 Å². The molecule has 1 saturated heterocycles. The van der Waals surface area contributed by atoms with Crippen LogP contribution >= 0.6 is 0 Å². The molecule has 5 N–H and O–H groups in total. The second-order valence-electron chi connectivity index (χ2n) is 5.46. The summed E-state index contributed by atoms with van der Waals surface area (Å²) in [7, 11) is -2.03. The van der Waals surface area contributed by atoms with E-state index >= 15 is 0 Å². The van der Waals surface area contributed by atoms with E-state index in [0.717, 1.165) is 0 Å². The van der Waals surface area contributed by atoms with E-state index in [1.54, 1.807) is 11.9 Å². The average molecular weight is 315 g/mol. The lowest BCUT2D eigenvalue weighted by molar-refractivity contribution is -0.0572. The molecule has 0 atom stereocenters. The molecule has 1 aliphatic heterocycles. The molecule has 1 aliphatic rings. The first-order valence-electron chi connectivity index (χ1n) is 6.65. The smallest absolute Gasteiger partial charge is 0.238 e. The molecule has 1 aromatic carbocycles. The summed E-state index contributed by atoms with van der Waals surface area (Å²) < 4.78 is 28.1. The number of aliphatic hydroxyl groups is 1. The van der Waals surface area contributed by atoms with Crippen molar-refractivity contribution in [2.45, 2.75) is 23.3 Å². The first-order valence-corrected chi connectivity index (χ1v) is 8.19. The molecule has 0 aromatic heterocycles. The maximum absolute atomic E-state index is 11.4. The van der Waals surface area contributed by atoms with Crippen molar-refractivity contribution in [1.82, 2.24) is 0 Å². The van der Waals surface area contributed by atoms with E-state index in [0.29, 0.717) is 44.0 Å². The van der Waals surface area contributed by atoms with Crippen molar-refractivity contribution < 1.29 is 18.3 Å². The SMILES string of the molecule is CN(CC1(O)CCOCC1)c1cc(S(N)(=O)=O)ccc1N. The van der Waals surface area contributed by atoms with Crippen molar-refractivity contribution in [3.63, 3.8) is 0 Å². The van der Waals surface area contributed by atoms with Crippen molar-refractivity contribution in [2.24, 2.45) is 5.14 Å². The number of anilines is 2. The molecule has 21 heavy (non-hydrogen) atoms. The maximum atomic E-state index is 11.4. The molecule has 0 radical (unpaired) electrons. The zero-order valence-corrected chi connectivity index (χ0v) is 12.8. The Bertz CT molecular complexity index is 612. The molecule has 0 bridgehead atoms. The van der Waals surface area contributed by atoms with E-state index in [1.165, 1.54) is 18.2 Å². The number of likely N-dealkylation sites (N-methyl/N-ethyl adjacent to an activating group) is 1. The first-order chi connectivity index (χ1) is 9.71. The van der Waals surface area contributed by atoms with Crippen molar-refractivity contribution in [1.29, 1.82) is 0 Å². The third kappa shape index (κ3) is 3.85. The standard InChI is InChI=1S/C13H21N3O4S/c1-16(9-13(17)4-6-20-7-5-13)12-8-10(21(15,18)19)2-3-11(12)14/h2-3,8,17H,4-7,9,14H2,1H3,(H2,15,18,19). The van der Waals surface area contributed by atoms with Gasteiger partial charge >= 0.3 is 0 Å². The number of nitrogen functional groups attached to an aromatic ring is 1. The van der Waals surface area contributed by atoms with Crippen LogP contribution in [0.3, 0.4) is 0 Å². The van der Waals surface area contributed by atoms with Crippen LogP contribution in [0.1, 0.15) is 12.8 Å². The quantitative estimate of drug-likeness (QED) is 0.667. The Balaban J connectivity index is 2.24. The molecule has 0 unspecified atom stereocenters. The van der Waals surface area contributed by atoms with Gasteiger partial charge in [0.2, 0.25) is 10.0 Å². The highest BCUT2D eigenvalue weighted by Gasteiger charge is 2.31. The van der Waals surface area contributed by atoms with Crippen LogP contribution in [-0.2, 0) is 14.8 Å². The number of sulfonamides is 1. The molecule has 1 aromatic rings. The summed E-state index contributed by atoms with van der Waals surface area (Å²) in [5.41, 5.74) is 5.99. The van der Waals surface area contributed by atoms with Crippen LogP contribution in [0.5, 0.6) is 0 Å². The Morgan fingerprint density at radius 3 is 2.57 bits per heavy atom. The van der Waals surface area contributed by atoms with Crippen LogP contribution in [0.15, 0.2) is 23.1 Å². The van der Waals surface area contributed by atoms with Gasteiger partial charge in [-0.25, -0.2) is 13.6 Å². The lowest BCUT2D eigenvalue weighted by Gasteiger charge is -2.36. The highest BCUT2D eigenvalue weighted by atomic mass is 32.2. The molecule has 1 fully saturated rings. The van der Waals surface area contributed by atoms with Crippen LogP contribution < -0.4 is 15.8 Å². The topological polar surface area (TPSA) is 119 Å². The number of nitrogens with two attached hydrogens (primary N) is 2. The largest absolute Gasteiger partial charge is 0.397 e. The Kier molecular flexibility index (Phi) is 4.43. The normalized spacial score (nSPS) is 18.4. The second-order valence-corrected chi connectivity index (χ2v) is 7.02. The number of primary sulfonamides is 1. The second kappa shape index (κ2) is 5.80. The fourth-order valence-corrected chi connectivity index (χ4v) is 3.00. The third-order valence-corrected chi connectivity index (χ3v) is 4.61. The van der Waals surface area contributed by atoms with E-state index in [-0.39, 0.29) is 4.90 Å². The average Bonchev–Trinajstić information content (AvgIpc) is 2.38. The monoisotopic (exact) mass is 315 g/mol. The molecule has 8 heteroatoms. The molecule has 7 nitrogen and oxygen atoms in total. The van der Waals surface area contributed by atoms with E-state index in [2.05, 4.69) is 0 Å². The van der Waals surface area contributed by atoms with Gasteiger partial charge in [-0.1, -0.05) is 0 Å². The molecule has 118 valence electrons. The summed E-state index contributed by atoms with van der Waals surface area (Å²) in [6, 6.07) is 4.29. The van der Waals surface area contributed by atoms with E-state index in [9.17, 15) is 13.5 Å². The fourth-order valence-electron chi connectivity index (χ4n) is 2.47. The van der Waals surface area contributed by atoms with E-state index in [4.69, 9.17) is 15.6 Å². The van der Waals surface area contributed by atoms with Gasteiger partial charge in [-0.2, -0.15) is 0 Å². The van der Waals surface area contributed by atoms with Crippen molar-refractivity contribution >= 4 is 21.4 Å². The number of ether oxygens (including phenoxy) is 1. The Morgan fingerprint density at radius 2 is 2.00 bits per heavy atom. The summed E-state index contributed by atoms with van der Waals surface area (Å²) >= 11 is 0. The van der Waals surface area contributed by atoms with Crippen LogP contribution in [-0.4, -0.2) is 45.9 Å². The third-order valence-electron chi connectivity index (χ3n) is 3.70. The van der Waals surface area contributed by atoms with Gasteiger partial charge in [0.05, 0.1) is 21.9 Å². The Morgan fingerprint density at radius 1 is 1.38 bits per heavy atom. The number of benzene rings is 1. The Labute approximate surface area is 124 Å². The van der Waals surface area contributed by atoms with Gasteiger partial charge in [0.15, 0.2) is 0 Å². The number of hydrogen-bond acceptors (Lipinski definition) is 6. The molecule has 0 saturated carbocycles. The van der Waals surface area contributed by atoms with Gasteiger partial charge in [0, 0.05) is 39.6 Å². The van der Waals surface area contributed by atoms with Gasteiger partial charge in [-0.05, 0) is 18.2 Å². The summed E-state index contributed by atoms with van der Waals surface area (Å²) in [6.45, 7) is 1.36. The molecule has 1 heterocycles. The minimum atomic E-state index is -3.79. The molecule has 0 aliphatic carbocycles. The summed E-state index contributed by atoms with van der Waals surface area (Å²) in [6.07, 6.45) is 1.07. The van der Waals surface area contributed by atoms with Gasteiger partial charge in [-0.3, -0.25) is 0 Å². The summed E-state index contributed by atoms with van der Waals surface area (Å²) in [4.78, 5) is 1.74. The minimum Gasteiger partial charge on any atom is -0.397 e. The molecular formula is C13H21N3O4S. The molecule has 2 rings (SSSR count). The zero-order chi connectivity index (χ0) is 15.7. The summed E-state index contributed by atoms with van der Waals surface area (Å²) in [5.74, 6) is 0. The van der Waals surface area contributed by atoms with Crippen LogP contribution in [0.4, 0.5) is 11.4 Å². The zero-order valence-electron chi connectivity index (χ0n) is 11.9. The number of rotatable bonds is 4. The van der Waals surface area contributed by atoms with E-state index in [1.807, 2.05) is 0 Å². The fraction of sp³-hybridized carbons (Fsp3) is 0.538. The highest BCUT2D eigenvalue weighted by Crippen LogP contribution is 2.29. The number of hydrogen-bond donors (Lipinski definition) is 3. The minimum absolute atomic E-state index is 0.00230. The highest BCUT2D eigenvalue weighted by molar-refractivity contribution is 7.89. The predicted octanol–water partition coefficient (Wildman–Crippen LogP) is -0.106. The Hall–Kier alpha value is -1.35. The lowest BCUT2D eigenvalue weighted by atomic mass is 9.93. The van der Waals surface area contributed by atoms with Gasteiger partial charge in [0.1, 0.15) is 0 Å². The van der Waals surface area contributed by atoms with E-state index < -0.39 is 15.6 Å². The van der Waals surface area contributed by atoms with Crippen LogP contribution in [0, 0.1) is 0 Å².